The highest BCUT2D eigenvalue weighted by molar-refractivity contribution is 5.85. The number of phenols is 1. The molecule has 1 aromatic carbocycles. The van der Waals surface area contributed by atoms with Crippen molar-refractivity contribution in [2.75, 3.05) is 11.5 Å². The Bertz CT molecular complexity index is 239. The monoisotopic (exact) mass is 210 g/mol. The summed E-state index contributed by atoms with van der Waals surface area (Å²) in [6.07, 6.45) is 0. The van der Waals surface area contributed by atoms with E-state index in [1.54, 1.807) is 13.0 Å². The molecule has 1 aromatic rings. The highest BCUT2D eigenvalue weighted by atomic mass is 35.5. The van der Waals surface area contributed by atoms with Crippen LogP contribution in [0.4, 0.5) is 11.4 Å². The molecule has 70 valence electrons. The summed E-state index contributed by atoms with van der Waals surface area (Å²) >= 11 is 0. The Morgan fingerprint density at radius 2 is 1.67 bits per heavy atom. The predicted octanol–water partition coefficient (Wildman–Crippen LogP) is 1.71. The number of nitrogen functional groups attached to an aromatic ring is 2. The van der Waals surface area contributed by atoms with Crippen LogP contribution in [0, 0.1) is 6.92 Å². The fourth-order valence-corrected chi connectivity index (χ4v) is 0.731. The van der Waals surface area contributed by atoms with Gasteiger partial charge in [-0.1, -0.05) is 0 Å². The van der Waals surface area contributed by atoms with E-state index in [2.05, 4.69) is 0 Å². The maximum absolute atomic E-state index is 9.04. The predicted molar refractivity (Wildman–Crippen MR) is 56.2 cm³/mol. The minimum Gasteiger partial charge on any atom is -0.506 e. The standard InChI is InChI=1S/C7H10N2O.2ClH/c1-4-5(8)2-3-6(10)7(4)9;;/h2-3,10H,8-9H2,1H3;2*1H. The molecule has 5 heteroatoms. The summed E-state index contributed by atoms with van der Waals surface area (Å²) in [5.74, 6) is 0.0895. The summed E-state index contributed by atoms with van der Waals surface area (Å²) in [6.45, 7) is 1.77. The second-order valence-corrected chi connectivity index (χ2v) is 2.21. The van der Waals surface area contributed by atoms with Gasteiger partial charge in [0.25, 0.3) is 0 Å². The second-order valence-electron chi connectivity index (χ2n) is 2.21. The minimum atomic E-state index is 0. The van der Waals surface area contributed by atoms with Crippen LogP contribution in [0.15, 0.2) is 12.1 Å². The molecular formula is C7H12Cl2N2O. The van der Waals surface area contributed by atoms with Gasteiger partial charge in [-0.3, -0.25) is 0 Å². The maximum atomic E-state index is 9.04. The van der Waals surface area contributed by atoms with Crippen molar-refractivity contribution in [3.8, 4) is 5.75 Å². The first-order valence-corrected chi connectivity index (χ1v) is 2.96. The van der Waals surface area contributed by atoms with Gasteiger partial charge in [0.15, 0.2) is 0 Å². The number of hydrogen-bond donors (Lipinski definition) is 3. The molecule has 0 aliphatic carbocycles. The Hall–Kier alpha value is -0.800. The molecule has 3 nitrogen and oxygen atoms in total. The van der Waals surface area contributed by atoms with Gasteiger partial charge in [0.05, 0.1) is 5.69 Å². The van der Waals surface area contributed by atoms with E-state index in [0.29, 0.717) is 11.4 Å². The Kier molecular flexibility index (Phi) is 5.68. The normalized spacial score (nSPS) is 8.08. The average molecular weight is 211 g/mol. The molecule has 0 saturated carbocycles. The molecule has 0 atom stereocenters. The van der Waals surface area contributed by atoms with Crippen LogP contribution in [0.2, 0.25) is 0 Å². The first-order valence-electron chi connectivity index (χ1n) is 2.96. The summed E-state index contributed by atoms with van der Waals surface area (Å²) in [5, 5.41) is 9.04. The zero-order chi connectivity index (χ0) is 7.72. The smallest absolute Gasteiger partial charge is 0.138 e. The van der Waals surface area contributed by atoms with E-state index in [1.165, 1.54) is 6.07 Å². The van der Waals surface area contributed by atoms with Gasteiger partial charge in [0, 0.05) is 5.69 Å². The van der Waals surface area contributed by atoms with Crippen LogP contribution in [0.1, 0.15) is 5.56 Å². The maximum Gasteiger partial charge on any atom is 0.138 e. The SMILES string of the molecule is Cc1c(N)ccc(O)c1N.Cl.Cl. The molecule has 0 saturated heterocycles. The number of hydrogen-bond acceptors (Lipinski definition) is 3. The number of benzene rings is 1. The number of phenolic OH excluding ortho intramolecular Hbond substituents is 1. The van der Waals surface area contributed by atoms with Crippen molar-refractivity contribution in [2.24, 2.45) is 0 Å². The number of anilines is 2. The Labute approximate surface area is 83.6 Å². The molecule has 1 rings (SSSR count). The quantitative estimate of drug-likeness (QED) is 0.347. The van der Waals surface area contributed by atoms with Crippen molar-refractivity contribution >= 4 is 36.2 Å². The Morgan fingerprint density at radius 3 is 2.08 bits per heavy atom. The third kappa shape index (κ3) is 2.36. The molecule has 0 aliphatic heterocycles. The van der Waals surface area contributed by atoms with Gasteiger partial charge in [-0.2, -0.15) is 0 Å². The number of rotatable bonds is 0. The Balaban J connectivity index is 0. The molecule has 0 bridgehead atoms. The molecule has 0 unspecified atom stereocenters. The number of aromatic hydroxyl groups is 1. The summed E-state index contributed by atoms with van der Waals surface area (Å²) in [4.78, 5) is 0. The lowest BCUT2D eigenvalue weighted by atomic mass is 10.1. The van der Waals surface area contributed by atoms with Crippen LogP contribution >= 0.6 is 24.8 Å². The van der Waals surface area contributed by atoms with E-state index in [9.17, 15) is 0 Å². The molecule has 5 N–H and O–H groups in total. The van der Waals surface area contributed by atoms with Crippen molar-refractivity contribution < 1.29 is 5.11 Å². The molecular weight excluding hydrogens is 199 g/mol. The fourth-order valence-electron chi connectivity index (χ4n) is 0.731. The molecule has 0 radical (unpaired) electrons. The lowest BCUT2D eigenvalue weighted by Gasteiger charge is -2.04. The van der Waals surface area contributed by atoms with Crippen LogP contribution in [-0.2, 0) is 0 Å². The first kappa shape index (κ1) is 13.8. The molecule has 0 spiro atoms. The van der Waals surface area contributed by atoms with Gasteiger partial charge < -0.3 is 16.6 Å². The van der Waals surface area contributed by atoms with E-state index in [-0.39, 0.29) is 30.6 Å². The summed E-state index contributed by atoms with van der Waals surface area (Å²) in [7, 11) is 0. The van der Waals surface area contributed by atoms with Gasteiger partial charge in [0.2, 0.25) is 0 Å². The van der Waals surface area contributed by atoms with Gasteiger partial charge in [-0.05, 0) is 24.6 Å². The highest BCUT2D eigenvalue weighted by Crippen LogP contribution is 2.27. The molecule has 0 amide bonds. The molecule has 0 fully saturated rings. The first-order chi connectivity index (χ1) is 4.63. The van der Waals surface area contributed by atoms with Crippen molar-refractivity contribution in [1.29, 1.82) is 0 Å². The van der Waals surface area contributed by atoms with Crippen LogP contribution in [0.5, 0.6) is 5.75 Å². The van der Waals surface area contributed by atoms with E-state index in [1.807, 2.05) is 0 Å². The van der Waals surface area contributed by atoms with Crippen LogP contribution < -0.4 is 11.5 Å². The number of halogens is 2. The van der Waals surface area contributed by atoms with E-state index < -0.39 is 0 Å². The third-order valence-corrected chi connectivity index (χ3v) is 1.53. The second kappa shape index (κ2) is 4.95. The van der Waals surface area contributed by atoms with Crippen LogP contribution in [-0.4, -0.2) is 5.11 Å². The third-order valence-electron chi connectivity index (χ3n) is 1.53. The zero-order valence-corrected chi connectivity index (χ0v) is 8.21. The van der Waals surface area contributed by atoms with Gasteiger partial charge in [-0.25, -0.2) is 0 Å². The van der Waals surface area contributed by atoms with Gasteiger partial charge in [-0.15, -0.1) is 24.8 Å². The van der Waals surface area contributed by atoms with Crippen LogP contribution in [0.25, 0.3) is 0 Å². The lowest BCUT2D eigenvalue weighted by Crippen LogP contribution is -1.95. The van der Waals surface area contributed by atoms with Gasteiger partial charge in [0.1, 0.15) is 5.75 Å². The average Bonchev–Trinajstić information content (AvgIpc) is 1.93. The van der Waals surface area contributed by atoms with Gasteiger partial charge >= 0.3 is 0 Å². The zero-order valence-electron chi connectivity index (χ0n) is 6.57. The van der Waals surface area contributed by atoms with E-state index in [0.717, 1.165) is 5.56 Å². The molecule has 0 heterocycles. The summed E-state index contributed by atoms with van der Waals surface area (Å²) < 4.78 is 0. The summed E-state index contributed by atoms with van der Waals surface area (Å²) in [6, 6.07) is 3.11. The van der Waals surface area contributed by atoms with Crippen molar-refractivity contribution in [3.05, 3.63) is 17.7 Å². The molecule has 0 aromatic heterocycles. The van der Waals surface area contributed by atoms with Crippen LogP contribution in [0.3, 0.4) is 0 Å². The van der Waals surface area contributed by atoms with Crippen molar-refractivity contribution in [1.82, 2.24) is 0 Å². The van der Waals surface area contributed by atoms with E-state index >= 15 is 0 Å². The topological polar surface area (TPSA) is 72.3 Å². The number of nitrogens with two attached hydrogens (primary N) is 2. The summed E-state index contributed by atoms with van der Waals surface area (Å²) in [5.41, 5.74) is 12.7. The van der Waals surface area contributed by atoms with Crippen molar-refractivity contribution in [3.63, 3.8) is 0 Å². The highest BCUT2D eigenvalue weighted by Gasteiger charge is 2.01. The minimum absolute atomic E-state index is 0. The molecule has 12 heavy (non-hydrogen) atoms. The molecule has 0 aliphatic rings. The van der Waals surface area contributed by atoms with E-state index in [4.69, 9.17) is 16.6 Å². The fraction of sp³-hybridized carbons (Fsp3) is 0.143. The lowest BCUT2D eigenvalue weighted by molar-refractivity contribution is 0.477. The Morgan fingerprint density at radius 1 is 1.17 bits per heavy atom. The van der Waals surface area contributed by atoms with Crippen molar-refractivity contribution in [2.45, 2.75) is 6.92 Å². The largest absolute Gasteiger partial charge is 0.506 e.